The Balaban J connectivity index is 3.15. The molecule has 9 heteroatoms. The number of amidine groups is 1. The summed E-state index contributed by atoms with van der Waals surface area (Å²) in [5.74, 6) is -0.191. The van der Waals surface area contributed by atoms with Gasteiger partial charge in [0.25, 0.3) is 0 Å². The number of aromatic nitrogens is 1. The van der Waals surface area contributed by atoms with Gasteiger partial charge in [0.15, 0.2) is 5.84 Å². The predicted octanol–water partition coefficient (Wildman–Crippen LogP) is 0.600. The number of likely N-dealkylation sites (N-methyl/N-ethyl adjacent to an activating group) is 1. The van der Waals surface area contributed by atoms with Gasteiger partial charge in [0, 0.05) is 23.9 Å². The first-order valence-electron chi connectivity index (χ1n) is 4.86. The SMILES string of the molecule is CC(C(N)=NO)N(C)S(=O)(=O)c1cncc(Br)c1. The van der Waals surface area contributed by atoms with Crippen LogP contribution in [0.25, 0.3) is 0 Å². The van der Waals surface area contributed by atoms with Crippen molar-refractivity contribution < 1.29 is 13.6 Å². The molecule has 1 aromatic rings. The molecule has 1 rings (SSSR count). The maximum atomic E-state index is 12.2. The molecule has 0 aliphatic rings. The molecule has 0 spiro atoms. The molecule has 3 N–H and O–H groups in total. The largest absolute Gasteiger partial charge is 0.409 e. The first kappa shape index (κ1) is 14.9. The lowest BCUT2D eigenvalue weighted by molar-refractivity contribution is 0.311. The summed E-state index contributed by atoms with van der Waals surface area (Å²) in [4.78, 5) is 3.82. The Bertz CT molecular complexity index is 561. The molecule has 0 amide bonds. The summed E-state index contributed by atoms with van der Waals surface area (Å²) in [5, 5.41) is 11.4. The molecule has 0 bridgehead atoms. The van der Waals surface area contributed by atoms with E-state index >= 15 is 0 Å². The maximum Gasteiger partial charge on any atom is 0.245 e. The van der Waals surface area contributed by atoms with Gasteiger partial charge in [-0.15, -0.1) is 0 Å². The fourth-order valence-corrected chi connectivity index (χ4v) is 3.02. The van der Waals surface area contributed by atoms with Crippen LogP contribution in [0.15, 0.2) is 33.0 Å². The molecule has 0 aliphatic heterocycles. The van der Waals surface area contributed by atoms with Crippen molar-refractivity contribution in [2.45, 2.75) is 17.9 Å². The van der Waals surface area contributed by atoms with Crippen LogP contribution < -0.4 is 5.73 Å². The number of halogens is 1. The van der Waals surface area contributed by atoms with Crippen molar-refractivity contribution in [3.05, 3.63) is 22.9 Å². The number of pyridine rings is 1. The number of hydrogen-bond acceptors (Lipinski definition) is 5. The number of hydrogen-bond donors (Lipinski definition) is 2. The van der Waals surface area contributed by atoms with Crippen molar-refractivity contribution in [3.63, 3.8) is 0 Å². The zero-order valence-electron chi connectivity index (χ0n) is 9.78. The molecule has 1 unspecified atom stereocenters. The molecule has 0 saturated heterocycles. The lowest BCUT2D eigenvalue weighted by atomic mass is 10.3. The number of nitrogens with zero attached hydrogens (tertiary/aromatic N) is 3. The Morgan fingerprint density at radius 2 is 2.22 bits per heavy atom. The molecular formula is C9H13BrN4O3S. The molecule has 0 radical (unpaired) electrons. The minimum Gasteiger partial charge on any atom is -0.409 e. The number of nitrogens with two attached hydrogens (primary N) is 1. The van der Waals surface area contributed by atoms with Crippen LogP contribution in [0.2, 0.25) is 0 Å². The van der Waals surface area contributed by atoms with Gasteiger partial charge in [-0.1, -0.05) is 5.16 Å². The van der Waals surface area contributed by atoms with Crippen LogP contribution in [0.1, 0.15) is 6.92 Å². The van der Waals surface area contributed by atoms with E-state index in [2.05, 4.69) is 26.1 Å². The highest BCUT2D eigenvalue weighted by Gasteiger charge is 2.28. The smallest absolute Gasteiger partial charge is 0.245 e. The summed E-state index contributed by atoms with van der Waals surface area (Å²) in [5.41, 5.74) is 5.39. The molecule has 0 aromatic carbocycles. The van der Waals surface area contributed by atoms with Gasteiger partial charge in [-0.2, -0.15) is 4.31 Å². The molecule has 18 heavy (non-hydrogen) atoms. The normalized spacial score (nSPS) is 14.8. The zero-order valence-corrected chi connectivity index (χ0v) is 12.2. The van der Waals surface area contributed by atoms with Crippen LogP contribution in [-0.4, -0.2) is 41.8 Å². The highest BCUT2D eigenvalue weighted by Crippen LogP contribution is 2.19. The second-order valence-electron chi connectivity index (χ2n) is 3.56. The second-order valence-corrected chi connectivity index (χ2v) is 6.47. The number of oxime groups is 1. The van der Waals surface area contributed by atoms with Crippen molar-refractivity contribution in [1.29, 1.82) is 0 Å². The molecular weight excluding hydrogens is 324 g/mol. The zero-order chi connectivity index (χ0) is 13.9. The van der Waals surface area contributed by atoms with E-state index < -0.39 is 16.1 Å². The minimum absolute atomic E-state index is 0.0250. The first-order chi connectivity index (χ1) is 8.30. The van der Waals surface area contributed by atoms with E-state index in [1.54, 1.807) is 0 Å². The van der Waals surface area contributed by atoms with Crippen molar-refractivity contribution >= 4 is 31.8 Å². The van der Waals surface area contributed by atoms with E-state index in [9.17, 15) is 8.42 Å². The molecule has 1 atom stereocenters. The second kappa shape index (κ2) is 5.63. The summed E-state index contributed by atoms with van der Waals surface area (Å²) in [6.45, 7) is 1.51. The van der Waals surface area contributed by atoms with Gasteiger partial charge < -0.3 is 10.9 Å². The van der Waals surface area contributed by atoms with Gasteiger partial charge in [-0.3, -0.25) is 4.98 Å². The molecule has 1 aromatic heterocycles. The van der Waals surface area contributed by atoms with Gasteiger partial charge in [-0.25, -0.2) is 8.42 Å². The van der Waals surface area contributed by atoms with Crippen LogP contribution in [-0.2, 0) is 10.0 Å². The van der Waals surface area contributed by atoms with E-state index in [-0.39, 0.29) is 10.7 Å². The third-order valence-electron chi connectivity index (χ3n) is 2.45. The summed E-state index contributed by atoms with van der Waals surface area (Å²) in [6.07, 6.45) is 2.71. The summed E-state index contributed by atoms with van der Waals surface area (Å²) < 4.78 is 26.0. The topological polar surface area (TPSA) is 109 Å². The summed E-state index contributed by atoms with van der Waals surface area (Å²) >= 11 is 3.15. The summed E-state index contributed by atoms with van der Waals surface area (Å²) in [7, 11) is -2.40. The van der Waals surface area contributed by atoms with Crippen molar-refractivity contribution in [3.8, 4) is 0 Å². The first-order valence-corrected chi connectivity index (χ1v) is 7.10. The third kappa shape index (κ3) is 2.98. The predicted molar refractivity (Wildman–Crippen MR) is 69.8 cm³/mol. The molecule has 1 heterocycles. The van der Waals surface area contributed by atoms with E-state index in [1.807, 2.05) is 0 Å². The Morgan fingerprint density at radius 1 is 1.61 bits per heavy atom. The van der Waals surface area contributed by atoms with Crippen molar-refractivity contribution in [1.82, 2.24) is 9.29 Å². The number of rotatable bonds is 4. The Morgan fingerprint density at radius 3 is 2.72 bits per heavy atom. The van der Waals surface area contributed by atoms with E-state index in [0.29, 0.717) is 4.47 Å². The number of sulfonamides is 1. The van der Waals surface area contributed by atoms with Gasteiger partial charge >= 0.3 is 0 Å². The molecule has 100 valence electrons. The average molecular weight is 337 g/mol. The van der Waals surface area contributed by atoms with Crippen LogP contribution in [0.5, 0.6) is 0 Å². The van der Waals surface area contributed by atoms with E-state index in [4.69, 9.17) is 10.9 Å². The van der Waals surface area contributed by atoms with Gasteiger partial charge in [-0.05, 0) is 28.9 Å². The molecule has 0 saturated carbocycles. The van der Waals surface area contributed by atoms with Gasteiger partial charge in [0.1, 0.15) is 4.90 Å². The Kier molecular flexibility index (Phi) is 4.65. The fraction of sp³-hybridized carbons (Fsp3) is 0.333. The minimum atomic E-state index is -3.75. The molecule has 0 fully saturated rings. The highest BCUT2D eigenvalue weighted by molar-refractivity contribution is 9.10. The fourth-order valence-electron chi connectivity index (χ4n) is 1.18. The monoisotopic (exact) mass is 336 g/mol. The maximum absolute atomic E-state index is 12.2. The van der Waals surface area contributed by atoms with Gasteiger partial charge in [0.05, 0.1) is 6.04 Å². The van der Waals surface area contributed by atoms with Crippen molar-refractivity contribution in [2.24, 2.45) is 10.9 Å². The van der Waals surface area contributed by atoms with Crippen LogP contribution in [0.3, 0.4) is 0 Å². The molecule has 0 aliphatic carbocycles. The molecule has 7 nitrogen and oxygen atoms in total. The van der Waals surface area contributed by atoms with Crippen molar-refractivity contribution in [2.75, 3.05) is 7.05 Å². The van der Waals surface area contributed by atoms with Gasteiger partial charge in [0.2, 0.25) is 10.0 Å². The average Bonchev–Trinajstić information content (AvgIpc) is 2.35. The Labute approximate surface area is 113 Å². The standard InChI is InChI=1S/C9H13BrN4O3S/c1-6(9(11)13-15)14(2)18(16,17)8-3-7(10)4-12-5-8/h3-6,15H,1-2H3,(H2,11,13). The summed E-state index contributed by atoms with van der Waals surface area (Å²) in [6, 6.07) is 0.664. The van der Waals surface area contributed by atoms with Crippen LogP contribution >= 0.6 is 15.9 Å². The third-order valence-corrected chi connectivity index (χ3v) is 4.77. The Hall–Kier alpha value is -1.19. The van der Waals surface area contributed by atoms with E-state index in [1.165, 1.54) is 32.4 Å². The van der Waals surface area contributed by atoms with Crippen LogP contribution in [0.4, 0.5) is 0 Å². The lowest BCUT2D eigenvalue weighted by Gasteiger charge is -2.22. The van der Waals surface area contributed by atoms with Crippen LogP contribution in [0, 0.1) is 0 Å². The van der Waals surface area contributed by atoms with E-state index in [0.717, 1.165) is 4.31 Å². The quantitative estimate of drug-likeness (QED) is 0.362. The lowest BCUT2D eigenvalue weighted by Crippen LogP contribution is -2.43. The highest BCUT2D eigenvalue weighted by atomic mass is 79.9.